The summed E-state index contributed by atoms with van der Waals surface area (Å²) in [6.45, 7) is 0.838. The Hall–Kier alpha value is -5.42. The molecule has 0 aliphatic rings. The molecule has 5 aromatic rings. The molecule has 0 bridgehead atoms. The molecule has 192 valence electrons. The van der Waals surface area contributed by atoms with Gasteiger partial charge >= 0.3 is 5.97 Å². The van der Waals surface area contributed by atoms with Gasteiger partial charge in [0.1, 0.15) is 5.76 Å². The van der Waals surface area contributed by atoms with E-state index < -0.39 is 5.97 Å². The van der Waals surface area contributed by atoms with E-state index in [2.05, 4.69) is 11.1 Å². The van der Waals surface area contributed by atoms with Crippen molar-refractivity contribution in [1.29, 1.82) is 5.26 Å². The first-order chi connectivity index (χ1) is 19.1. The van der Waals surface area contributed by atoms with Gasteiger partial charge in [0.2, 0.25) is 5.76 Å². The second-order valence-electron chi connectivity index (χ2n) is 8.78. The van der Waals surface area contributed by atoms with Crippen molar-refractivity contribution < 1.29 is 18.7 Å². The number of anilines is 1. The topological polar surface area (TPSA) is 101 Å². The molecule has 0 unspecified atom stereocenters. The smallest absolute Gasteiger partial charge is 0.373 e. The highest BCUT2D eigenvalue weighted by Gasteiger charge is 2.21. The van der Waals surface area contributed by atoms with E-state index in [-0.39, 0.29) is 18.2 Å². The van der Waals surface area contributed by atoms with Crippen LogP contribution in [0.3, 0.4) is 0 Å². The van der Waals surface area contributed by atoms with E-state index in [0.29, 0.717) is 29.1 Å². The summed E-state index contributed by atoms with van der Waals surface area (Å²) in [5.74, 6) is -0.0630. The number of ether oxygens (including phenoxy) is 1. The minimum atomic E-state index is -0.546. The molecule has 39 heavy (non-hydrogen) atoms. The lowest BCUT2D eigenvalue weighted by molar-refractivity contribution is 0.0566. The van der Waals surface area contributed by atoms with Crippen LogP contribution < -0.4 is 4.90 Å². The van der Waals surface area contributed by atoms with Crippen molar-refractivity contribution in [3.8, 4) is 17.4 Å². The summed E-state index contributed by atoms with van der Waals surface area (Å²) in [6.07, 6.45) is 3.48. The summed E-state index contributed by atoms with van der Waals surface area (Å²) in [4.78, 5) is 31.5. The highest BCUT2D eigenvalue weighted by molar-refractivity contribution is 6.06. The molecule has 0 aliphatic heterocycles. The van der Waals surface area contributed by atoms with Gasteiger partial charge in [0.25, 0.3) is 5.91 Å². The van der Waals surface area contributed by atoms with Crippen molar-refractivity contribution in [2.45, 2.75) is 13.1 Å². The number of nitriles is 1. The van der Waals surface area contributed by atoms with Crippen molar-refractivity contribution in [3.05, 3.63) is 132 Å². The number of aromatic nitrogens is 2. The summed E-state index contributed by atoms with van der Waals surface area (Å²) < 4.78 is 12.3. The third-order valence-corrected chi connectivity index (χ3v) is 6.28. The van der Waals surface area contributed by atoms with Crippen molar-refractivity contribution in [3.63, 3.8) is 0 Å². The number of furan rings is 1. The molecule has 5 rings (SSSR count). The zero-order valence-corrected chi connectivity index (χ0v) is 21.2. The van der Waals surface area contributed by atoms with Gasteiger partial charge in [-0.1, -0.05) is 30.3 Å². The van der Waals surface area contributed by atoms with Crippen LogP contribution in [0.4, 0.5) is 5.69 Å². The Morgan fingerprint density at radius 1 is 0.974 bits per heavy atom. The molecule has 0 atom stereocenters. The third kappa shape index (κ3) is 5.63. The van der Waals surface area contributed by atoms with E-state index in [9.17, 15) is 9.59 Å². The number of hydrogen-bond acceptors (Lipinski definition) is 6. The van der Waals surface area contributed by atoms with Crippen LogP contribution in [0.5, 0.6) is 0 Å². The monoisotopic (exact) mass is 516 g/mol. The first-order valence-electron chi connectivity index (χ1n) is 12.2. The van der Waals surface area contributed by atoms with Crippen LogP contribution in [0.15, 0.2) is 108 Å². The van der Waals surface area contributed by atoms with Gasteiger partial charge in [0, 0.05) is 29.6 Å². The van der Waals surface area contributed by atoms with E-state index in [1.54, 1.807) is 53.8 Å². The molecule has 1 amide bonds. The number of amides is 1. The number of esters is 1. The highest BCUT2D eigenvalue weighted by atomic mass is 16.5. The Bertz CT molecular complexity index is 1630. The maximum atomic E-state index is 13.7. The van der Waals surface area contributed by atoms with Gasteiger partial charge in [-0.25, -0.2) is 9.78 Å². The molecule has 0 spiro atoms. The van der Waals surface area contributed by atoms with Gasteiger partial charge < -0.3 is 18.6 Å². The van der Waals surface area contributed by atoms with Gasteiger partial charge in [0.05, 0.1) is 37.3 Å². The molecule has 8 heteroatoms. The number of hydrogen-bond donors (Lipinski definition) is 0. The quantitative estimate of drug-likeness (QED) is 0.245. The van der Waals surface area contributed by atoms with Crippen LogP contribution in [0, 0.1) is 11.3 Å². The van der Waals surface area contributed by atoms with E-state index in [4.69, 9.17) is 14.4 Å². The molecule has 0 radical (unpaired) electrons. The zero-order chi connectivity index (χ0) is 27.2. The first-order valence-corrected chi connectivity index (χ1v) is 12.2. The predicted molar refractivity (Wildman–Crippen MR) is 145 cm³/mol. The van der Waals surface area contributed by atoms with Gasteiger partial charge in [-0.2, -0.15) is 5.26 Å². The maximum absolute atomic E-state index is 13.7. The van der Waals surface area contributed by atoms with Gasteiger partial charge in [-0.3, -0.25) is 4.79 Å². The molecule has 0 N–H and O–H groups in total. The molecule has 8 nitrogen and oxygen atoms in total. The standard InChI is InChI=1S/C31H24N4O4/c1-38-31(37)29-16-15-28(39-29)24-11-13-26(14-12-24)35(30(36)25-5-3-2-4-6-25)20-27-18-33-21-34(27)19-23-9-7-22(17-32)8-10-23/h2-16,18,21H,19-20H2,1H3. The number of carbonyl (C=O) groups is 2. The molecule has 2 heterocycles. The lowest BCUT2D eigenvalue weighted by Crippen LogP contribution is -2.31. The van der Waals surface area contributed by atoms with Crippen LogP contribution >= 0.6 is 0 Å². The SMILES string of the molecule is COC(=O)c1ccc(-c2ccc(N(Cc3cncn3Cc3ccc(C#N)cc3)C(=O)c3ccccc3)cc2)o1. The number of carbonyl (C=O) groups excluding carboxylic acids is 2. The van der Waals surface area contributed by atoms with E-state index in [0.717, 1.165) is 16.8 Å². The normalized spacial score (nSPS) is 10.6. The fraction of sp³-hybridized carbons (Fsp3) is 0.0968. The van der Waals surface area contributed by atoms with E-state index in [1.165, 1.54) is 7.11 Å². The van der Waals surface area contributed by atoms with Crippen molar-refractivity contribution >= 4 is 17.6 Å². The van der Waals surface area contributed by atoms with Crippen molar-refractivity contribution in [2.75, 3.05) is 12.0 Å². The lowest BCUT2D eigenvalue weighted by atomic mass is 10.1. The fourth-order valence-electron chi connectivity index (χ4n) is 4.19. The van der Waals surface area contributed by atoms with E-state index in [1.807, 2.05) is 59.2 Å². The highest BCUT2D eigenvalue weighted by Crippen LogP contribution is 2.27. The minimum Gasteiger partial charge on any atom is -0.463 e. The number of imidazole rings is 1. The first kappa shape index (κ1) is 25.2. The van der Waals surface area contributed by atoms with Crippen LogP contribution in [-0.4, -0.2) is 28.5 Å². The van der Waals surface area contributed by atoms with Crippen LogP contribution in [0.2, 0.25) is 0 Å². The molecule has 0 saturated heterocycles. The average molecular weight is 517 g/mol. The summed E-state index contributed by atoms with van der Waals surface area (Å²) >= 11 is 0. The summed E-state index contributed by atoms with van der Waals surface area (Å²) in [5, 5.41) is 9.07. The zero-order valence-electron chi connectivity index (χ0n) is 21.2. The summed E-state index contributed by atoms with van der Waals surface area (Å²) in [5.41, 5.74) is 4.48. The van der Waals surface area contributed by atoms with Crippen molar-refractivity contribution in [1.82, 2.24) is 9.55 Å². The largest absolute Gasteiger partial charge is 0.463 e. The molecule has 0 aliphatic carbocycles. The van der Waals surface area contributed by atoms with Crippen LogP contribution in [-0.2, 0) is 17.8 Å². The third-order valence-electron chi connectivity index (χ3n) is 6.28. The molecule has 0 fully saturated rings. The van der Waals surface area contributed by atoms with Crippen molar-refractivity contribution in [2.24, 2.45) is 0 Å². The van der Waals surface area contributed by atoms with Crippen LogP contribution in [0.1, 0.15) is 37.7 Å². The fourth-order valence-corrected chi connectivity index (χ4v) is 4.19. The minimum absolute atomic E-state index is 0.119. The average Bonchev–Trinajstić information content (AvgIpc) is 3.66. The number of methoxy groups -OCH3 is 1. The Balaban J connectivity index is 1.43. The molecular formula is C31H24N4O4. The summed E-state index contributed by atoms with van der Waals surface area (Å²) in [7, 11) is 1.30. The molecule has 2 aromatic heterocycles. The van der Waals surface area contributed by atoms with Gasteiger partial charge in [0.15, 0.2) is 0 Å². The Kier molecular flexibility index (Phi) is 7.32. The molecule has 3 aromatic carbocycles. The predicted octanol–water partition coefficient (Wildman–Crippen LogP) is 5.70. The Morgan fingerprint density at radius 3 is 2.41 bits per heavy atom. The Morgan fingerprint density at radius 2 is 1.72 bits per heavy atom. The van der Waals surface area contributed by atoms with E-state index >= 15 is 0 Å². The number of rotatable bonds is 8. The molecular weight excluding hydrogens is 492 g/mol. The maximum Gasteiger partial charge on any atom is 0.373 e. The van der Waals surface area contributed by atoms with Crippen LogP contribution in [0.25, 0.3) is 11.3 Å². The second kappa shape index (κ2) is 11.3. The molecule has 0 saturated carbocycles. The Labute approximate surface area is 225 Å². The second-order valence-corrected chi connectivity index (χ2v) is 8.78. The summed E-state index contributed by atoms with van der Waals surface area (Å²) in [6, 6.07) is 29.3. The lowest BCUT2D eigenvalue weighted by Gasteiger charge is -2.24. The van der Waals surface area contributed by atoms with Gasteiger partial charge in [-0.15, -0.1) is 0 Å². The number of nitrogens with zero attached hydrogens (tertiary/aromatic N) is 4. The number of benzene rings is 3. The van der Waals surface area contributed by atoms with Gasteiger partial charge in [-0.05, 0) is 66.2 Å².